The van der Waals surface area contributed by atoms with Crippen molar-refractivity contribution in [2.45, 2.75) is 33.3 Å². The van der Waals surface area contributed by atoms with Crippen molar-refractivity contribution in [2.24, 2.45) is 0 Å². The van der Waals surface area contributed by atoms with E-state index in [9.17, 15) is 4.79 Å². The Balaban J connectivity index is 2.98. The highest BCUT2D eigenvalue weighted by Gasteiger charge is 2.08. The number of hydrogen-bond acceptors (Lipinski definition) is 2. The average molecular weight is 192 g/mol. The molecular formula is C12H16O2. The molecule has 0 bridgehead atoms. The van der Waals surface area contributed by atoms with Gasteiger partial charge in [-0.25, -0.2) is 0 Å². The second-order valence-corrected chi connectivity index (χ2v) is 3.45. The van der Waals surface area contributed by atoms with Gasteiger partial charge in [0.15, 0.2) is 6.29 Å². The molecule has 1 atom stereocenters. The Labute approximate surface area is 84.9 Å². The summed E-state index contributed by atoms with van der Waals surface area (Å²) < 4.78 is 5.69. The van der Waals surface area contributed by atoms with Crippen molar-refractivity contribution in [3.8, 4) is 5.75 Å². The summed E-state index contributed by atoms with van der Waals surface area (Å²) in [5.74, 6) is 0.719. The van der Waals surface area contributed by atoms with Gasteiger partial charge in [0.05, 0.1) is 11.7 Å². The van der Waals surface area contributed by atoms with E-state index in [2.05, 4.69) is 6.92 Å². The zero-order valence-electron chi connectivity index (χ0n) is 8.91. The Kier molecular flexibility index (Phi) is 3.69. The molecule has 0 aliphatic heterocycles. The molecule has 0 saturated heterocycles. The molecule has 1 aromatic carbocycles. The van der Waals surface area contributed by atoms with Crippen molar-refractivity contribution in [2.75, 3.05) is 0 Å². The summed E-state index contributed by atoms with van der Waals surface area (Å²) in [5.41, 5.74) is 1.64. The number of hydrogen-bond donors (Lipinski definition) is 0. The van der Waals surface area contributed by atoms with Gasteiger partial charge in [0, 0.05) is 0 Å². The summed E-state index contributed by atoms with van der Waals surface area (Å²) in [6, 6.07) is 5.59. The van der Waals surface area contributed by atoms with Crippen LogP contribution < -0.4 is 4.74 Å². The van der Waals surface area contributed by atoms with Crippen molar-refractivity contribution >= 4 is 6.29 Å². The van der Waals surface area contributed by atoms with E-state index >= 15 is 0 Å². The molecule has 0 aliphatic rings. The van der Waals surface area contributed by atoms with E-state index in [1.807, 2.05) is 26.0 Å². The van der Waals surface area contributed by atoms with Crippen molar-refractivity contribution < 1.29 is 9.53 Å². The fraction of sp³-hybridized carbons (Fsp3) is 0.417. The molecule has 0 heterocycles. The van der Waals surface area contributed by atoms with Crippen molar-refractivity contribution in [3.05, 3.63) is 29.3 Å². The first-order valence-electron chi connectivity index (χ1n) is 4.90. The molecule has 76 valence electrons. The van der Waals surface area contributed by atoms with Crippen LogP contribution in [0.3, 0.4) is 0 Å². The largest absolute Gasteiger partial charge is 0.490 e. The quantitative estimate of drug-likeness (QED) is 0.685. The van der Waals surface area contributed by atoms with Crippen LogP contribution in [0.2, 0.25) is 0 Å². The fourth-order valence-corrected chi connectivity index (χ4v) is 1.21. The van der Waals surface area contributed by atoms with Gasteiger partial charge in [-0.3, -0.25) is 4.79 Å². The Morgan fingerprint density at radius 3 is 2.79 bits per heavy atom. The highest BCUT2D eigenvalue weighted by Crippen LogP contribution is 2.23. The summed E-state index contributed by atoms with van der Waals surface area (Å²) in [6.07, 6.45) is 1.92. The van der Waals surface area contributed by atoms with Crippen LogP contribution >= 0.6 is 0 Å². The van der Waals surface area contributed by atoms with E-state index in [1.165, 1.54) is 0 Å². The number of aldehydes is 1. The molecule has 14 heavy (non-hydrogen) atoms. The Hall–Kier alpha value is -1.31. The lowest BCUT2D eigenvalue weighted by Gasteiger charge is -2.16. The predicted molar refractivity (Wildman–Crippen MR) is 56.9 cm³/mol. The summed E-state index contributed by atoms with van der Waals surface area (Å²) in [5, 5.41) is 0. The zero-order chi connectivity index (χ0) is 10.6. The molecule has 0 radical (unpaired) electrons. The Morgan fingerprint density at radius 1 is 1.50 bits per heavy atom. The van der Waals surface area contributed by atoms with E-state index in [0.29, 0.717) is 5.56 Å². The molecular weight excluding hydrogens is 176 g/mol. The number of carbonyl (C=O) groups is 1. The van der Waals surface area contributed by atoms with E-state index in [0.717, 1.165) is 24.0 Å². The minimum absolute atomic E-state index is 0.148. The first-order chi connectivity index (χ1) is 6.69. The normalized spacial score (nSPS) is 12.2. The third-order valence-electron chi connectivity index (χ3n) is 2.26. The summed E-state index contributed by atoms with van der Waals surface area (Å²) in [4.78, 5) is 10.8. The van der Waals surface area contributed by atoms with Gasteiger partial charge in [-0.05, 0) is 31.9 Å². The van der Waals surface area contributed by atoms with Crippen molar-refractivity contribution in [3.63, 3.8) is 0 Å². The van der Waals surface area contributed by atoms with Gasteiger partial charge < -0.3 is 4.74 Å². The van der Waals surface area contributed by atoms with E-state index in [4.69, 9.17) is 4.74 Å². The number of carbonyl (C=O) groups excluding carboxylic acids is 1. The molecule has 0 aromatic heterocycles. The summed E-state index contributed by atoms with van der Waals surface area (Å²) in [6.45, 7) is 6.01. The molecule has 1 aromatic rings. The van der Waals surface area contributed by atoms with Crippen LogP contribution in [0, 0.1) is 6.92 Å². The van der Waals surface area contributed by atoms with Gasteiger partial charge in [0.2, 0.25) is 0 Å². The molecule has 0 saturated carbocycles. The topological polar surface area (TPSA) is 26.3 Å². The minimum atomic E-state index is 0.148. The lowest BCUT2D eigenvalue weighted by Crippen LogP contribution is -2.11. The summed E-state index contributed by atoms with van der Waals surface area (Å²) >= 11 is 0. The summed E-state index contributed by atoms with van der Waals surface area (Å²) in [7, 11) is 0. The fourth-order valence-electron chi connectivity index (χ4n) is 1.21. The molecule has 0 aliphatic carbocycles. The van der Waals surface area contributed by atoms with Crippen LogP contribution in [0.5, 0.6) is 5.75 Å². The van der Waals surface area contributed by atoms with Crippen LogP contribution in [0.4, 0.5) is 0 Å². The zero-order valence-corrected chi connectivity index (χ0v) is 8.91. The molecule has 2 heteroatoms. The van der Waals surface area contributed by atoms with E-state index < -0.39 is 0 Å². The monoisotopic (exact) mass is 192 g/mol. The van der Waals surface area contributed by atoms with Crippen LogP contribution in [0.25, 0.3) is 0 Å². The molecule has 1 rings (SSSR count). The third-order valence-corrected chi connectivity index (χ3v) is 2.26. The van der Waals surface area contributed by atoms with Crippen molar-refractivity contribution in [1.29, 1.82) is 0 Å². The molecule has 0 N–H and O–H groups in total. The maximum Gasteiger partial charge on any atom is 0.153 e. The van der Waals surface area contributed by atoms with E-state index in [1.54, 1.807) is 6.07 Å². The standard InChI is InChI=1S/C12H16O2/c1-4-10(3)14-12-9(2)6-5-7-11(12)8-13/h5-8,10H,4H2,1-3H3. The van der Waals surface area contributed by atoms with Gasteiger partial charge in [0.25, 0.3) is 0 Å². The molecule has 0 spiro atoms. The van der Waals surface area contributed by atoms with Gasteiger partial charge in [0.1, 0.15) is 5.75 Å². The number of ether oxygens (including phenoxy) is 1. The number of aryl methyl sites for hydroxylation is 1. The highest BCUT2D eigenvalue weighted by atomic mass is 16.5. The number of benzene rings is 1. The highest BCUT2D eigenvalue weighted by molar-refractivity contribution is 5.80. The Morgan fingerprint density at radius 2 is 2.21 bits per heavy atom. The second kappa shape index (κ2) is 4.80. The smallest absolute Gasteiger partial charge is 0.153 e. The molecule has 1 unspecified atom stereocenters. The van der Waals surface area contributed by atoms with Crippen molar-refractivity contribution in [1.82, 2.24) is 0 Å². The van der Waals surface area contributed by atoms with Gasteiger partial charge >= 0.3 is 0 Å². The SMILES string of the molecule is CCC(C)Oc1c(C)cccc1C=O. The first kappa shape index (κ1) is 10.8. The van der Waals surface area contributed by atoms with Gasteiger partial charge in [-0.1, -0.05) is 19.1 Å². The average Bonchev–Trinajstić information content (AvgIpc) is 2.20. The first-order valence-corrected chi connectivity index (χ1v) is 4.90. The van der Waals surface area contributed by atoms with Crippen LogP contribution in [-0.2, 0) is 0 Å². The minimum Gasteiger partial charge on any atom is -0.490 e. The lowest BCUT2D eigenvalue weighted by atomic mass is 10.1. The Bertz CT molecular complexity index is 318. The van der Waals surface area contributed by atoms with Crippen LogP contribution in [0.15, 0.2) is 18.2 Å². The molecule has 2 nitrogen and oxygen atoms in total. The van der Waals surface area contributed by atoms with Crippen LogP contribution in [0.1, 0.15) is 36.2 Å². The predicted octanol–water partition coefficient (Wildman–Crippen LogP) is 2.98. The van der Waals surface area contributed by atoms with E-state index in [-0.39, 0.29) is 6.10 Å². The van der Waals surface area contributed by atoms with Crippen LogP contribution in [-0.4, -0.2) is 12.4 Å². The maximum atomic E-state index is 10.8. The third kappa shape index (κ3) is 2.34. The molecule has 0 fully saturated rings. The van der Waals surface area contributed by atoms with Gasteiger partial charge in [-0.2, -0.15) is 0 Å². The lowest BCUT2D eigenvalue weighted by molar-refractivity contribution is 0.111. The van der Waals surface area contributed by atoms with Gasteiger partial charge in [-0.15, -0.1) is 0 Å². The molecule has 0 amide bonds. The second-order valence-electron chi connectivity index (χ2n) is 3.45. The maximum absolute atomic E-state index is 10.8. The number of rotatable bonds is 4. The number of para-hydroxylation sites is 1.